The summed E-state index contributed by atoms with van der Waals surface area (Å²) in [5, 5.41) is 12.8. The number of nitrogens with one attached hydrogen (secondary N) is 1. The zero-order valence-electron chi connectivity index (χ0n) is 13.9. The molecule has 0 saturated carbocycles. The summed E-state index contributed by atoms with van der Waals surface area (Å²) in [7, 11) is 0. The summed E-state index contributed by atoms with van der Waals surface area (Å²) < 4.78 is 0. The molecule has 1 aromatic carbocycles. The van der Waals surface area contributed by atoms with Gasteiger partial charge in [0.15, 0.2) is 0 Å². The van der Waals surface area contributed by atoms with Gasteiger partial charge in [0.1, 0.15) is 5.82 Å². The molecular weight excluding hydrogens is 304 g/mol. The molecule has 0 radical (unpaired) electrons. The van der Waals surface area contributed by atoms with Gasteiger partial charge in [0.05, 0.1) is 12.6 Å². The van der Waals surface area contributed by atoms with Crippen molar-refractivity contribution in [1.29, 1.82) is 0 Å². The first kappa shape index (κ1) is 16.6. The molecule has 1 fully saturated rings. The minimum Gasteiger partial charge on any atom is -0.393 e. The number of anilines is 3. The van der Waals surface area contributed by atoms with Gasteiger partial charge >= 0.3 is 0 Å². The Hall–Kier alpha value is -2.25. The molecule has 2 heterocycles. The molecule has 2 aromatic rings. The summed E-state index contributed by atoms with van der Waals surface area (Å²) >= 11 is 0. The van der Waals surface area contributed by atoms with E-state index in [-0.39, 0.29) is 12.1 Å². The third-order valence-corrected chi connectivity index (χ3v) is 4.27. The minimum atomic E-state index is -0.188. The van der Waals surface area contributed by atoms with Gasteiger partial charge in [-0.2, -0.15) is 15.0 Å². The molecule has 1 aliphatic rings. The van der Waals surface area contributed by atoms with Gasteiger partial charge in [-0.15, -0.1) is 0 Å². The van der Waals surface area contributed by atoms with E-state index in [0.717, 1.165) is 38.0 Å². The summed E-state index contributed by atoms with van der Waals surface area (Å²) in [6.07, 6.45) is 2.31. The number of hydrogen-bond donors (Lipinski definition) is 3. The fraction of sp³-hybridized carbons (Fsp3) is 0.471. The Balaban J connectivity index is 1.74. The second-order valence-corrected chi connectivity index (χ2v) is 6.08. The highest BCUT2D eigenvalue weighted by Gasteiger charge is 2.18. The van der Waals surface area contributed by atoms with E-state index in [0.29, 0.717) is 18.3 Å². The molecule has 1 aliphatic heterocycles. The standard InChI is InChI=1S/C17H24N6O/c1-2-12-5-3-4-6-14(12)19-17-21-15(20-16(18)22-17)11-23-9-7-13(24)8-10-23/h3-6,13,24H,2,7-11H2,1H3,(H3,18,19,20,21,22). The van der Waals surface area contributed by atoms with E-state index in [1.807, 2.05) is 18.2 Å². The first-order chi connectivity index (χ1) is 11.6. The number of hydrogen-bond acceptors (Lipinski definition) is 7. The highest BCUT2D eigenvalue weighted by Crippen LogP contribution is 2.20. The Morgan fingerprint density at radius 3 is 2.71 bits per heavy atom. The van der Waals surface area contributed by atoms with Gasteiger partial charge in [0, 0.05) is 18.8 Å². The number of rotatable bonds is 5. The maximum absolute atomic E-state index is 9.60. The lowest BCUT2D eigenvalue weighted by molar-refractivity contribution is 0.0780. The molecule has 4 N–H and O–H groups in total. The van der Waals surface area contributed by atoms with Crippen molar-refractivity contribution in [2.24, 2.45) is 0 Å². The van der Waals surface area contributed by atoms with Gasteiger partial charge in [0.2, 0.25) is 11.9 Å². The van der Waals surface area contributed by atoms with Crippen LogP contribution in [0.4, 0.5) is 17.6 Å². The molecule has 7 nitrogen and oxygen atoms in total. The van der Waals surface area contributed by atoms with Crippen LogP contribution in [0.5, 0.6) is 0 Å². The van der Waals surface area contributed by atoms with E-state index >= 15 is 0 Å². The lowest BCUT2D eigenvalue weighted by atomic mass is 10.1. The van der Waals surface area contributed by atoms with Gasteiger partial charge in [-0.1, -0.05) is 25.1 Å². The number of benzene rings is 1. The van der Waals surface area contributed by atoms with Crippen LogP contribution in [0.2, 0.25) is 0 Å². The molecule has 0 atom stereocenters. The average molecular weight is 328 g/mol. The number of aliphatic hydroxyl groups excluding tert-OH is 1. The first-order valence-corrected chi connectivity index (χ1v) is 8.40. The van der Waals surface area contributed by atoms with Gasteiger partial charge in [0.25, 0.3) is 0 Å². The van der Waals surface area contributed by atoms with Gasteiger partial charge in [-0.05, 0) is 30.9 Å². The van der Waals surface area contributed by atoms with Crippen LogP contribution in [0, 0.1) is 0 Å². The number of aromatic nitrogens is 3. The van der Waals surface area contributed by atoms with Crippen molar-refractivity contribution in [2.45, 2.75) is 38.8 Å². The monoisotopic (exact) mass is 328 g/mol. The molecule has 0 amide bonds. The van der Waals surface area contributed by atoms with Crippen molar-refractivity contribution in [3.05, 3.63) is 35.7 Å². The molecule has 128 valence electrons. The molecule has 1 aromatic heterocycles. The SMILES string of the molecule is CCc1ccccc1Nc1nc(N)nc(CN2CCC(O)CC2)n1. The summed E-state index contributed by atoms with van der Waals surface area (Å²) in [6, 6.07) is 8.07. The normalized spacial score (nSPS) is 16.2. The van der Waals surface area contributed by atoms with Crippen molar-refractivity contribution in [3.63, 3.8) is 0 Å². The van der Waals surface area contributed by atoms with Gasteiger partial charge in [-0.25, -0.2) is 0 Å². The molecule has 7 heteroatoms. The van der Waals surface area contributed by atoms with Crippen molar-refractivity contribution >= 4 is 17.6 Å². The molecule has 3 rings (SSSR count). The first-order valence-electron chi connectivity index (χ1n) is 8.40. The number of piperidine rings is 1. The van der Waals surface area contributed by atoms with Crippen LogP contribution >= 0.6 is 0 Å². The molecule has 24 heavy (non-hydrogen) atoms. The Morgan fingerprint density at radius 1 is 1.21 bits per heavy atom. The summed E-state index contributed by atoms with van der Waals surface area (Å²) in [6.45, 7) is 4.41. The number of aliphatic hydroxyl groups is 1. The number of para-hydroxylation sites is 1. The van der Waals surface area contributed by atoms with E-state index in [1.54, 1.807) is 0 Å². The Morgan fingerprint density at radius 2 is 1.96 bits per heavy atom. The molecule has 1 saturated heterocycles. The predicted molar refractivity (Wildman–Crippen MR) is 93.9 cm³/mol. The zero-order valence-corrected chi connectivity index (χ0v) is 13.9. The number of nitrogens with two attached hydrogens (primary N) is 1. The van der Waals surface area contributed by atoms with E-state index in [2.05, 4.69) is 38.2 Å². The third-order valence-electron chi connectivity index (χ3n) is 4.27. The van der Waals surface area contributed by atoms with Crippen molar-refractivity contribution in [3.8, 4) is 0 Å². The maximum atomic E-state index is 9.60. The fourth-order valence-electron chi connectivity index (χ4n) is 2.91. The Kier molecular flexibility index (Phi) is 5.22. The van der Waals surface area contributed by atoms with E-state index in [1.165, 1.54) is 5.56 Å². The van der Waals surface area contributed by atoms with Gasteiger partial charge in [-0.3, -0.25) is 4.90 Å². The second-order valence-electron chi connectivity index (χ2n) is 6.08. The topological polar surface area (TPSA) is 100 Å². The van der Waals surface area contributed by atoms with Crippen LogP contribution in [0.1, 0.15) is 31.2 Å². The van der Waals surface area contributed by atoms with Crippen LogP contribution < -0.4 is 11.1 Å². The van der Waals surface area contributed by atoms with E-state index in [4.69, 9.17) is 5.73 Å². The highest BCUT2D eigenvalue weighted by molar-refractivity contribution is 5.58. The van der Waals surface area contributed by atoms with Gasteiger partial charge < -0.3 is 16.2 Å². The van der Waals surface area contributed by atoms with Crippen molar-refractivity contribution in [1.82, 2.24) is 19.9 Å². The maximum Gasteiger partial charge on any atom is 0.232 e. The van der Waals surface area contributed by atoms with E-state index in [9.17, 15) is 5.11 Å². The minimum absolute atomic E-state index is 0.188. The molecular formula is C17H24N6O. The lowest BCUT2D eigenvalue weighted by Gasteiger charge is -2.28. The lowest BCUT2D eigenvalue weighted by Crippen LogP contribution is -2.35. The highest BCUT2D eigenvalue weighted by atomic mass is 16.3. The van der Waals surface area contributed by atoms with Crippen LogP contribution in [0.15, 0.2) is 24.3 Å². The quantitative estimate of drug-likeness (QED) is 0.768. The molecule has 0 unspecified atom stereocenters. The number of likely N-dealkylation sites (tertiary alicyclic amines) is 1. The smallest absolute Gasteiger partial charge is 0.232 e. The average Bonchev–Trinajstić information content (AvgIpc) is 2.57. The van der Waals surface area contributed by atoms with Crippen molar-refractivity contribution in [2.75, 3.05) is 24.1 Å². The largest absolute Gasteiger partial charge is 0.393 e. The molecule has 0 bridgehead atoms. The number of aryl methyl sites for hydroxylation is 1. The van der Waals surface area contributed by atoms with Crippen molar-refractivity contribution < 1.29 is 5.11 Å². The van der Waals surface area contributed by atoms with E-state index < -0.39 is 0 Å². The predicted octanol–water partition coefficient (Wildman–Crippen LogP) is 1.72. The summed E-state index contributed by atoms with van der Waals surface area (Å²) in [5.74, 6) is 1.33. The second kappa shape index (κ2) is 7.55. The summed E-state index contributed by atoms with van der Waals surface area (Å²) in [5.41, 5.74) is 8.03. The van der Waals surface area contributed by atoms with Crippen LogP contribution in [-0.4, -0.2) is 44.2 Å². The summed E-state index contributed by atoms with van der Waals surface area (Å²) in [4.78, 5) is 15.2. The Labute approximate surface area is 142 Å². The Bertz CT molecular complexity index is 685. The van der Waals surface area contributed by atoms with Crippen LogP contribution in [0.3, 0.4) is 0 Å². The molecule has 0 aliphatic carbocycles. The fourth-order valence-corrected chi connectivity index (χ4v) is 2.91. The zero-order chi connectivity index (χ0) is 16.9. The number of nitrogen functional groups attached to an aromatic ring is 1. The molecule has 0 spiro atoms. The third kappa shape index (κ3) is 4.18. The number of nitrogens with zero attached hydrogens (tertiary/aromatic N) is 4. The van der Waals surface area contributed by atoms with Crippen LogP contribution in [0.25, 0.3) is 0 Å². The van der Waals surface area contributed by atoms with Crippen LogP contribution in [-0.2, 0) is 13.0 Å².